The van der Waals surface area contributed by atoms with Crippen LogP contribution in [0.5, 0.6) is 0 Å². The summed E-state index contributed by atoms with van der Waals surface area (Å²) in [7, 11) is 1.87. The third-order valence-electron chi connectivity index (χ3n) is 3.28. The molecule has 102 valence electrons. The van der Waals surface area contributed by atoms with Gasteiger partial charge in [-0.1, -0.05) is 35.9 Å². The SMILES string of the molecule is CNC(c1ccc2[nH]c(=O)oc2c1)c1ccccc1Cl. The molecule has 1 heterocycles. The van der Waals surface area contributed by atoms with Gasteiger partial charge in [-0.05, 0) is 36.4 Å². The maximum absolute atomic E-state index is 11.2. The lowest BCUT2D eigenvalue weighted by molar-refractivity contribution is 0.554. The smallest absolute Gasteiger partial charge is 0.408 e. The molecule has 0 spiro atoms. The highest BCUT2D eigenvalue weighted by atomic mass is 35.5. The molecule has 3 rings (SSSR count). The molecular weight excluding hydrogens is 276 g/mol. The minimum Gasteiger partial charge on any atom is -0.408 e. The normalized spacial score (nSPS) is 12.7. The highest BCUT2D eigenvalue weighted by Gasteiger charge is 2.16. The van der Waals surface area contributed by atoms with E-state index < -0.39 is 5.76 Å². The second kappa shape index (κ2) is 5.15. The van der Waals surface area contributed by atoms with Gasteiger partial charge in [-0.2, -0.15) is 0 Å². The van der Waals surface area contributed by atoms with E-state index in [0.29, 0.717) is 16.1 Å². The van der Waals surface area contributed by atoms with Crippen molar-refractivity contribution < 1.29 is 4.42 Å². The van der Waals surface area contributed by atoms with Crippen molar-refractivity contribution in [2.45, 2.75) is 6.04 Å². The molecule has 4 nitrogen and oxygen atoms in total. The summed E-state index contributed by atoms with van der Waals surface area (Å²) in [5.74, 6) is -0.448. The number of oxazole rings is 1. The van der Waals surface area contributed by atoms with E-state index in [9.17, 15) is 4.79 Å². The molecule has 1 aromatic heterocycles. The zero-order valence-corrected chi connectivity index (χ0v) is 11.6. The van der Waals surface area contributed by atoms with E-state index >= 15 is 0 Å². The van der Waals surface area contributed by atoms with Gasteiger partial charge in [0.2, 0.25) is 0 Å². The van der Waals surface area contributed by atoms with E-state index in [1.165, 1.54) is 0 Å². The maximum atomic E-state index is 11.2. The summed E-state index contributed by atoms with van der Waals surface area (Å²) >= 11 is 6.25. The van der Waals surface area contributed by atoms with Gasteiger partial charge >= 0.3 is 5.76 Å². The molecule has 0 aliphatic heterocycles. The predicted molar refractivity (Wildman–Crippen MR) is 79.2 cm³/mol. The monoisotopic (exact) mass is 288 g/mol. The Bertz CT molecular complexity index is 807. The van der Waals surface area contributed by atoms with Gasteiger partial charge in [0.15, 0.2) is 5.58 Å². The van der Waals surface area contributed by atoms with Crippen molar-refractivity contribution in [1.29, 1.82) is 0 Å². The Kier molecular flexibility index (Phi) is 3.34. The van der Waals surface area contributed by atoms with Crippen LogP contribution >= 0.6 is 11.6 Å². The number of halogens is 1. The Morgan fingerprint density at radius 1 is 1.25 bits per heavy atom. The van der Waals surface area contributed by atoms with Crippen molar-refractivity contribution in [2.75, 3.05) is 7.05 Å². The summed E-state index contributed by atoms with van der Waals surface area (Å²) in [6.07, 6.45) is 0. The Morgan fingerprint density at radius 2 is 2.05 bits per heavy atom. The molecule has 1 atom stereocenters. The number of aromatic nitrogens is 1. The number of hydrogen-bond donors (Lipinski definition) is 2. The molecule has 0 radical (unpaired) electrons. The number of aromatic amines is 1. The van der Waals surface area contributed by atoms with Crippen molar-refractivity contribution in [1.82, 2.24) is 10.3 Å². The Morgan fingerprint density at radius 3 is 2.80 bits per heavy atom. The maximum Gasteiger partial charge on any atom is 0.417 e. The minimum absolute atomic E-state index is 0.0618. The number of hydrogen-bond acceptors (Lipinski definition) is 3. The van der Waals surface area contributed by atoms with Crippen molar-refractivity contribution >= 4 is 22.7 Å². The lowest BCUT2D eigenvalue weighted by atomic mass is 9.98. The van der Waals surface area contributed by atoms with Crippen LogP contribution in [0.25, 0.3) is 11.1 Å². The predicted octanol–water partition coefficient (Wildman–Crippen LogP) is 3.08. The number of fused-ring (bicyclic) bond motifs is 1. The number of rotatable bonds is 3. The van der Waals surface area contributed by atoms with Crippen molar-refractivity contribution in [3.05, 3.63) is 69.2 Å². The van der Waals surface area contributed by atoms with Crippen LogP contribution in [-0.4, -0.2) is 12.0 Å². The van der Waals surface area contributed by atoms with Gasteiger partial charge < -0.3 is 9.73 Å². The summed E-state index contributed by atoms with van der Waals surface area (Å²) in [4.78, 5) is 13.8. The number of benzene rings is 2. The van der Waals surface area contributed by atoms with Crippen LogP contribution in [0.15, 0.2) is 51.7 Å². The second-order valence-electron chi connectivity index (χ2n) is 4.51. The molecule has 0 bridgehead atoms. The van der Waals surface area contributed by atoms with Crippen LogP contribution < -0.4 is 11.1 Å². The first-order chi connectivity index (χ1) is 9.69. The van der Waals surface area contributed by atoms with E-state index in [1.807, 2.05) is 49.5 Å². The molecule has 2 N–H and O–H groups in total. The fraction of sp³-hybridized carbons (Fsp3) is 0.133. The van der Waals surface area contributed by atoms with Crippen LogP contribution in [0.1, 0.15) is 17.2 Å². The Hall–Kier alpha value is -2.04. The Balaban J connectivity index is 2.11. The molecule has 3 aromatic rings. The van der Waals surface area contributed by atoms with Crippen LogP contribution in [0, 0.1) is 0 Å². The molecule has 0 amide bonds. The molecule has 5 heteroatoms. The molecule has 0 saturated carbocycles. The number of H-pyrrole nitrogens is 1. The lowest BCUT2D eigenvalue weighted by Gasteiger charge is -2.18. The molecule has 0 aliphatic carbocycles. The van der Waals surface area contributed by atoms with Gasteiger partial charge in [0.05, 0.1) is 11.6 Å². The molecule has 1 unspecified atom stereocenters. The summed E-state index contributed by atoms with van der Waals surface area (Å²) in [5.41, 5.74) is 3.19. The molecule has 0 fully saturated rings. The molecule has 20 heavy (non-hydrogen) atoms. The highest BCUT2D eigenvalue weighted by Crippen LogP contribution is 2.29. The zero-order chi connectivity index (χ0) is 14.1. The average molecular weight is 289 g/mol. The standard InChI is InChI=1S/C15H13ClN2O2/c1-17-14(10-4-2-3-5-11(10)16)9-6-7-12-13(8-9)20-15(19)18-12/h2-8,14,17H,1H3,(H,18,19). The van der Waals surface area contributed by atoms with Crippen molar-refractivity contribution in [3.63, 3.8) is 0 Å². The summed E-state index contributed by atoms with van der Waals surface area (Å²) < 4.78 is 5.10. The summed E-state index contributed by atoms with van der Waals surface area (Å²) in [6, 6.07) is 13.2. The molecule has 0 saturated heterocycles. The van der Waals surface area contributed by atoms with E-state index in [4.69, 9.17) is 16.0 Å². The topological polar surface area (TPSA) is 58.0 Å². The van der Waals surface area contributed by atoms with Crippen molar-refractivity contribution in [3.8, 4) is 0 Å². The molecule has 2 aromatic carbocycles. The zero-order valence-electron chi connectivity index (χ0n) is 10.8. The average Bonchev–Trinajstić information content (AvgIpc) is 2.81. The van der Waals surface area contributed by atoms with Crippen LogP contribution in [-0.2, 0) is 0 Å². The van der Waals surface area contributed by atoms with Gasteiger partial charge in [-0.3, -0.25) is 4.98 Å². The quantitative estimate of drug-likeness (QED) is 0.779. The molecule has 0 aliphatic rings. The lowest BCUT2D eigenvalue weighted by Crippen LogP contribution is -2.17. The second-order valence-corrected chi connectivity index (χ2v) is 4.92. The third-order valence-corrected chi connectivity index (χ3v) is 3.63. The van der Waals surface area contributed by atoms with Gasteiger partial charge in [0.1, 0.15) is 0 Å². The Labute approximate surface area is 120 Å². The molecular formula is C15H13ClN2O2. The van der Waals surface area contributed by atoms with Gasteiger partial charge in [0, 0.05) is 5.02 Å². The summed E-state index contributed by atoms with van der Waals surface area (Å²) in [6.45, 7) is 0. The van der Waals surface area contributed by atoms with E-state index in [-0.39, 0.29) is 6.04 Å². The van der Waals surface area contributed by atoms with Crippen molar-refractivity contribution in [2.24, 2.45) is 0 Å². The highest BCUT2D eigenvalue weighted by molar-refractivity contribution is 6.31. The van der Waals surface area contributed by atoms with Crippen LogP contribution in [0.3, 0.4) is 0 Å². The first kappa shape index (κ1) is 13.0. The van der Waals surface area contributed by atoms with Crippen LogP contribution in [0.4, 0.5) is 0 Å². The number of nitrogens with one attached hydrogen (secondary N) is 2. The van der Waals surface area contributed by atoms with Gasteiger partial charge in [-0.15, -0.1) is 0 Å². The van der Waals surface area contributed by atoms with E-state index in [0.717, 1.165) is 11.1 Å². The third kappa shape index (κ3) is 2.24. The largest absolute Gasteiger partial charge is 0.417 e. The van der Waals surface area contributed by atoms with Gasteiger partial charge in [-0.25, -0.2) is 4.79 Å². The van der Waals surface area contributed by atoms with Crippen LogP contribution in [0.2, 0.25) is 5.02 Å². The summed E-state index contributed by atoms with van der Waals surface area (Å²) in [5, 5.41) is 3.93. The van der Waals surface area contributed by atoms with Gasteiger partial charge in [0.25, 0.3) is 0 Å². The van der Waals surface area contributed by atoms with E-state index in [1.54, 1.807) is 0 Å². The first-order valence-corrected chi connectivity index (χ1v) is 6.61. The fourth-order valence-corrected chi connectivity index (χ4v) is 2.60. The fourth-order valence-electron chi connectivity index (χ4n) is 2.35. The minimum atomic E-state index is -0.448. The van der Waals surface area contributed by atoms with E-state index in [2.05, 4.69) is 10.3 Å². The first-order valence-electron chi connectivity index (χ1n) is 6.23.